The standard InChI is InChI=1S/C17H27FN2/c1-13(19)17(15-8-10-16(18)11-9-15)20(2)12-14-6-4-3-5-7-14/h8-11,13-14,17H,3-7,12,19H2,1-2H3. The zero-order valence-electron chi connectivity index (χ0n) is 12.7. The third kappa shape index (κ3) is 4.03. The minimum atomic E-state index is -0.188. The van der Waals surface area contributed by atoms with E-state index in [4.69, 9.17) is 5.73 Å². The van der Waals surface area contributed by atoms with Crippen LogP contribution >= 0.6 is 0 Å². The molecule has 2 N–H and O–H groups in total. The average molecular weight is 278 g/mol. The van der Waals surface area contributed by atoms with Crippen LogP contribution in [0.15, 0.2) is 24.3 Å². The Morgan fingerprint density at radius 3 is 2.35 bits per heavy atom. The van der Waals surface area contributed by atoms with Gasteiger partial charge in [0.05, 0.1) is 0 Å². The molecule has 0 amide bonds. The Labute approximate surface area is 122 Å². The molecule has 2 nitrogen and oxygen atoms in total. The molecule has 0 aliphatic heterocycles. The monoisotopic (exact) mass is 278 g/mol. The molecule has 1 aromatic rings. The third-order valence-corrected chi connectivity index (χ3v) is 4.46. The third-order valence-electron chi connectivity index (χ3n) is 4.46. The molecule has 0 radical (unpaired) electrons. The van der Waals surface area contributed by atoms with Gasteiger partial charge in [-0.05, 0) is 50.4 Å². The molecule has 0 spiro atoms. The number of halogens is 1. The normalized spacial score (nSPS) is 20.1. The van der Waals surface area contributed by atoms with Crippen molar-refractivity contribution in [3.05, 3.63) is 35.6 Å². The van der Waals surface area contributed by atoms with E-state index in [1.807, 2.05) is 19.1 Å². The topological polar surface area (TPSA) is 29.3 Å². The summed E-state index contributed by atoms with van der Waals surface area (Å²) in [5, 5.41) is 0. The van der Waals surface area contributed by atoms with Crippen LogP contribution in [0.5, 0.6) is 0 Å². The summed E-state index contributed by atoms with van der Waals surface area (Å²) >= 11 is 0. The van der Waals surface area contributed by atoms with Gasteiger partial charge < -0.3 is 5.73 Å². The number of hydrogen-bond donors (Lipinski definition) is 1. The number of benzene rings is 1. The van der Waals surface area contributed by atoms with E-state index in [9.17, 15) is 4.39 Å². The summed E-state index contributed by atoms with van der Waals surface area (Å²) in [5.74, 6) is 0.600. The summed E-state index contributed by atoms with van der Waals surface area (Å²) in [4.78, 5) is 2.36. The number of nitrogens with zero attached hydrogens (tertiary/aromatic N) is 1. The molecule has 2 unspecified atom stereocenters. The van der Waals surface area contributed by atoms with Gasteiger partial charge in [0, 0.05) is 18.6 Å². The van der Waals surface area contributed by atoms with Crippen LogP contribution < -0.4 is 5.73 Å². The molecule has 1 fully saturated rings. The molecule has 3 heteroatoms. The molecule has 1 aliphatic rings. The lowest BCUT2D eigenvalue weighted by Gasteiger charge is -2.35. The van der Waals surface area contributed by atoms with Crippen LogP contribution in [0.25, 0.3) is 0 Å². The Morgan fingerprint density at radius 1 is 1.20 bits per heavy atom. The first-order chi connectivity index (χ1) is 9.58. The van der Waals surface area contributed by atoms with E-state index in [2.05, 4.69) is 11.9 Å². The van der Waals surface area contributed by atoms with Gasteiger partial charge in [0.15, 0.2) is 0 Å². The molecule has 2 rings (SSSR count). The van der Waals surface area contributed by atoms with Gasteiger partial charge in [0.1, 0.15) is 5.82 Å². The van der Waals surface area contributed by atoms with Crippen molar-refractivity contribution >= 4 is 0 Å². The zero-order chi connectivity index (χ0) is 14.5. The lowest BCUT2D eigenvalue weighted by atomic mass is 9.88. The van der Waals surface area contributed by atoms with Crippen molar-refractivity contribution in [3.63, 3.8) is 0 Å². The minimum Gasteiger partial charge on any atom is -0.326 e. The SMILES string of the molecule is CC(N)C(c1ccc(F)cc1)N(C)CC1CCCCC1. The van der Waals surface area contributed by atoms with Crippen LogP contribution in [-0.4, -0.2) is 24.5 Å². The van der Waals surface area contributed by atoms with Gasteiger partial charge in [-0.1, -0.05) is 31.4 Å². The van der Waals surface area contributed by atoms with Crippen molar-refractivity contribution in [3.8, 4) is 0 Å². The van der Waals surface area contributed by atoms with Crippen molar-refractivity contribution < 1.29 is 4.39 Å². The molecule has 0 bridgehead atoms. The number of nitrogens with two attached hydrogens (primary N) is 1. The van der Waals surface area contributed by atoms with E-state index >= 15 is 0 Å². The fraction of sp³-hybridized carbons (Fsp3) is 0.647. The van der Waals surface area contributed by atoms with Gasteiger partial charge in [0.25, 0.3) is 0 Å². The largest absolute Gasteiger partial charge is 0.326 e. The maximum absolute atomic E-state index is 13.1. The average Bonchev–Trinajstić information content (AvgIpc) is 2.42. The van der Waals surface area contributed by atoms with Crippen LogP contribution in [0.3, 0.4) is 0 Å². The van der Waals surface area contributed by atoms with Crippen LogP contribution in [0.2, 0.25) is 0 Å². The first kappa shape index (κ1) is 15.5. The molecule has 1 saturated carbocycles. The maximum Gasteiger partial charge on any atom is 0.123 e. The van der Waals surface area contributed by atoms with Crippen LogP contribution in [0.1, 0.15) is 50.6 Å². The smallest absolute Gasteiger partial charge is 0.123 e. The van der Waals surface area contributed by atoms with Crippen LogP contribution in [0, 0.1) is 11.7 Å². The lowest BCUT2D eigenvalue weighted by Crippen LogP contribution is -2.39. The summed E-state index contributed by atoms with van der Waals surface area (Å²) in [5.41, 5.74) is 7.29. The summed E-state index contributed by atoms with van der Waals surface area (Å²) in [6.07, 6.45) is 6.77. The Hall–Kier alpha value is -0.930. The van der Waals surface area contributed by atoms with Gasteiger partial charge in [-0.15, -0.1) is 0 Å². The Balaban J connectivity index is 2.05. The molecule has 0 heterocycles. The van der Waals surface area contributed by atoms with Crippen molar-refractivity contribution in [2.75, 3.05) is 13.6 Å². The van der Waals surface area contributed by atoms with Gasteiger partial charge in [-0.25, -0.2) is 4.39 Å². The Kier molecular flexibility index (Phi) is 5.55. The second kappa shape index (κ2) is 7.19. The number of hydrogen-bond acceptors (Lipinski definition) is 2. The fourth-order valence-electron chi connectivity index (χ4n) is 3.51. The molecule has 0 saturated heterocycles. The lowest BCUT2D eigenvalue weighted by molar-refractivity contribution is 0.166. The van der Waals surface area contributed by atoms with Crippen molar-refractivity contribution in [1.29, 1.82) is 0 Å². The van der Waals surface area contributed by atoms with Gasteiger partial charge in [-0.2, -0.15) is 0 Å². The van der Waals surface area contributed by atoms with E-state index in [0.29, 0.717) is 0 Å². The van der Waals surface area contributed by atoms with Gasteiger partial charge >= 0.3 is 0 Å². The van der Waals surface area contributed by atoms with Gasteiger partial charge in [-0.3, -0.25) is 4.90 Å². The molecular weight excluding hydrogens is 251 g/mol. The molecule has 20 heavy (non-hydrogen) atoms. The van der Waals surface area contributed by atoms with E-state index in [0.717, 1.165) is 18.0 Å². The predicted molar refractivity (Wildman–Crippen MR) is 82.0 cm³/mol. The van der Waals surface area contributed by atoms with Gasteiger partial charge in [0.2, 0.25) is 0 Å². The predicted octanol–water partition coefficient (Wildman–Crippen LogP) is 3.73. The minimum absolute atomic E-state index is 0.0362. The van der Waals surface area contributed by atoms with E-state index in [-0.39, 0.29) is 17.9 Å². The zero-order valence-corrected chi connectivity index (χ0v) is 12.7. The highest BCUT2D eigenvalue weighted by molar-refractivity contribution is 5.21. The van der Waals surface area contributed by atoms with Crippen molar-refractivity contribution in [1.82, 2.24) is 4.90 Å². The van der Waals surface area contributed by atoms with Crippen molar-refractivity contribution in [2.24, 2.45) is 11.7 Å². The molecule has 1 aromatic carbocycles. The summed E-state index contributed by atoms with van der Waals surface area (Å²) < 4.78 is 13.1. The Bertz CT molecular complexity index is 396. The Morgan fingerprint density at radius 2 is 1.80 bits per heavy atom. The van der Waals surface area contributed by atoms with E-state index in [1.165, 1.54) is 44.2 Å². The van der Waals surface area contributed by atoms with Crippen LogP contribution in [-0.2, 0) is 0 Å². The quantitative estimate of drug-likeness (QED) is 0.889. The maximum atomic E-state index is 13.1. The van der Waals surface area contributed by atoms with E-state index < -0.39 is 0 Å². The molecular formula is C17H27FN2. The van der Waals surface area contributed by atoms with E-state index in [1.54, 1.807) is 0 Å². The van der Waals surface area contributed by atoms with Crippen molar-refractivity contribution in [2.45, 2.75) is 51.1 Å². The molecule has 2 atom stereocenters. The highest BCUT2D eigenvalue weighted by Crippen LogP contribution is 2.28. The molecule has 112 valence electrons. The second-order valence-corrected chi connectivity index (χ2v) is 6.30. The summed E-state index contributed by atoms with van der Waals surface area (Å²) in [6.45, 7) is 3.12. The number of rotatable bonds is 5. The first-order valence-electron chi connectivity index (χ1n) is 7.79. The highest BCUT2D eigenvalue weighted by Gasteiger charge is 2.24. The van der Waals surface area contributed by atoms with Crippen LogP contribution in [0.4, 0.5) is 4.39 Å². The summed E-state index contributed by atoms with van der Waals surface area (Å²) in [7, 11) is 2.14. The molecule has 0 aromatic heterocycles. The molecule has 1 aliphatic carbocycles. The first-order valence-corrected chi connectivity index (χ1v) is 7.79. The highest BCUT2D eigenvalue weighted by atomic mass is 19.1. The number of likely N-dealkylation sites (N-methyl/N-ethyl adjacent to an activating group) is 1. The summed E-state index contributed by atoms with van der Waals surface area (Å²) in [6, 6.07) is 6.98. The fourth-order valence-corrected chi connectivity index (χ4v) is 3.51. The second-order valence-electron chi connectivity index (χ2n) is 6.30.